The molecule has 0 saturated carbocycles. The summed E-state index contributed by atoms with van der Waals surface area (Å²) in [6, 6.07) is 0. The lowest BCUT2D eigenvalue weighted by molar-refractivity contribution is 0.674. The van der Waals surface area contributed by atoms with Crippen molar-refractivity contribution in [2.24, 2.45) is 0 Å². The van der Waals surface area contributed by atoms with Gasteiger partial charge in [0.1, 0.15) is 215 Å². The van der Waals surface area contributed by atoms with Crippen LogP contribution in [-0.2, 0) is 0 Å². The van der Waals surface area contributed by atoms with Gasteiger partial charge in [-0.05, 0) is 21.6 Å². The van der Waals surface area contributed by atoms with Gasteiger partial charge in [0.05, 0.1) is 10.2 Å². The molecule has 32 heteroatoms. The molecule has 11 aromatic rings. The molecule has 0 spiro atoms. The smallest absolute Gasteiger partial charge is 0.163 e. The van der Waals surface area contributed by atoms with Crippen LogP contribution in [0.5, 0.6) is 0 Å². The van der Waals surface area contributed by atoms with E-state index in [-0.39, 0.29) is 226 Å². The molecule has 0 amide bonds. The zero-order chi connectivity index (χ0) is 56.1. The number of hydrogen-bond donors (Lipinski definition) is 0. The van der Waals surface area contributed by atoms with E-state index in [1.165, 1.54) is 0 Å². The lowest BCUT2D eigenvalue weighted by atomic mass is 9.60. The average molecular weight is 926 g/mol. The van der Waals surface area contributed by atoms with Gasteiger partial charge in [-0.15, -0.1) is 66.0 Å². The molecule has 0 saturated heterocycles. The SMILES string of the molecule is [B]c1c([B])c([B])c(-c2nc(-c3c([B])c([B])c([B])c([B])c3[B])nc(-c3c([B])c([B])c4c(oc5c([B])c([B])c(-n6c7c([B])c([B])c([B])c([B])c7c7c([B])c([B])c8c(sc9c([B])c([B])c([B])c([B])c98)c76)c([B])c54)c3[B])n2)c([B])c1[B]. The minimum atomic E-state index is -0.292. The molecule has 0 N–H and O–H groups in total. The molecular formula is C45B26N4OS. The average Bonchev–Trinajstić information content (AvgIpc) is 4.14. The Labute approximate surface area is 481 Å². The standard InChI is InChI=1S/C45B26N4OS/c46-10-2-1-11(47)22(58)30(66)32(68)36(1)75(37(2)42-6(13(10)49)5-14(50)23(59)31(67)35(71)41(5)77-42)38-20(56)4-3-12(48)15(51)9(21(57)39(3)76-40(4)34(70)33(38)69)45-73-43(7-16(52)24(60)28(64)25(61)17(7)53)72-44(74-45)8-18(54)26(62)29(65)27(63)19(8)55. The lowest BCUT2D eigenvalue weighted by Crippen LogP contribution is -2.55. The number of rotatable bonds is 4. The molecule has 7 aromatic carbocycles. The molecule has 11 rings (SSSR count). The van der Waals surface area contributed by atoms with Crippen LogP contribution < -0.4 is 142 Å². The van der Waals surface area contributed by atoms with Crippen molar-refractivity contribution in [1.82, 2.24) is 19.5 Å². The zero-order valence-corrected chi connectivity index (χ0v) is 40.9. The molecule has 4 heterocycles. The van der Waals surface area contributed by atoms with Gasteiger partial charge in [0, 0.05) is 48.8 Å². The number of aromatic nitrogens is 4. The Bertz CT molecular complexity index is 4520. The van der Waals surface area contributed by atoms with Crippen LogP contribution in [-0.4, -0.2) is 224 Å². The topological polar surface area (TPSA) is 56.7 Å². The molecule has 0 unspecified atom stereocenters. The van der Waals surface area contributed by atoms with Crippen molar-refractivity contribution in [2.75, 3.05) is 0 Å². The van der Waals surface area contributed by atoms with Crippen molar-refractivity contribution in [3.05, 3.63) is 0 Å². The van der Waals surface area contributed by atoms with E-state index in [1.807, 2.05) is 0 Å². The van der Waals surface area contributed by atoms with E-state index < -0.39 is 0 Å². The number of nitrogens with zero attached hydrogens (tertiary/aromatic N) is 4. The third-order valence-electron chi connectivity index (χ3n) is 14.4. The van der Waals surface area contributed by atoms with Crippen molar-refractivity contribution >= 4 is 421 Å². The second-order valence-corrected chi connectivity index (χ2v) is 19.4. The molecule has 5 nitrogen and oxygen atoms in total. The van der Waals surface area contributed by atoms with Crippen molar-refractivity contribution in [3.63, 3.8) is 0 Å². The highest BCUT2D eigenvalue weighted by Gasteiger charge is 2.31. The molecule has 0 fully saturated rings. The molecule has 77 heavy (non-hydrogen) atoms. The second kappa shape index (κ2) is 18.3. The van der Waals surface area contributed by atoms with E-state index in [0.717, 1.165) is 11.3 Å². The van der Waals surface area contributed by atoms with E-state index in [9.17, 15) is 0 Å². The summed E-state index contributed by atoms with van der Waals surface area (Å²) in [7, 11) is 173. The fourth-order valence-electron chi connectivity index (χ4n) is 10.2. The third kappa shape index (κ3) is 7.06. The van der Waals surface area contributed by atoms with Gasteiger partial charge in [-0.25, -0.2) is 15.0 Å². The summed E-state index contributed by atoms with van der Waals surface area (Å²) in [5.74, 6) is -0.819. The summed E-state index contributed by atoms with van der Waals surface area (Å²) >= 11 is 1.15. The zero-order valence-electron chi connectivity index (χ0n) is 40.1. The molecule has 290 valence electrons. The number of furan rings is 1. The Balaban J connectivity index is 1.28. The largest absolute Gasteiger partial charge is 0.457 e. The number of fused-ring (bicyclic) bond motifs is 10. The maximum absolute atomic E-state index is 7.37. The van der Waals surface area contributed by atoms with Crippen LogP contribution in [0.4, 0.5) is 0 Å². The lowest BCUT2D eigenvalue weighted by Gasteiger charge is -2.23. The predicted molar refractivity (Wildman–Crippen MR) is 351 cm³/mol. The molecule has 0 atom stereocenters. The first kappa shape index (κ1) is 54.0. The molecule has 4 aromatic heterocycles. The Morgan fingerprint density at radius 1 is 0.247 bits per heavy atom. The first-order chi connectivity index (χ1) is 36.1. The maximum atomic E-state index is 7.37. The van der Waals surface area contributed by atoms with E-state index in [4.69, 9.17) is 218 Å². The van der Waals surface area contributed by atoms with Gasteiger partial charge in [0.25, 0.3) is 0 Å². The molecule has 0 aliphatic carbocycles. The summed E-state index contributed by atoms with van der Waals surface area (Å²) < 4.78 is 8.94. The van der Waals surface area contributed by atoms with Crippen molar-refractivity contribution in [3.8, 4) is 39.9 Å². The molecule has 0 bridgehead atoms. The Kier molecular flexibility index (Phi) is 12.8. The summed E-state index contributed by atoms with van der Waals surface area (Å²) in [5, 5.41) is 1.31. The first-order valence-corrected chi connectivity index (χ1v) is 23.2. The second-order valence-electron chi connectivity index (χ2n) is 18.3. The molecular weight excluding hydrogens is 926 g/mol. The third-order valence-corrected chi connectivity index (χ3v) is 15.6. The summed E-state index contributed by atoms with van der Waals surface area (Å²) in [4.78, 5) is 14.1. The maximum Gasteiger partial charge on any atom is 0.163 e. The fraction of sp³-hybridized carbons (Fsp3) is 0. The molecule has 52 radical (unpaired) electrons. The van der Waals surface area contributed by atoms with Crippen LogP contribution in [0.15, 0.2) is 4.42 Å². The summed E-state index contributed by atoms with van der Waals surface area (Å²) in [6.45, 7) is 0. The van der Waals surface area contributed by atoms with Gasteiger partial charge in [-0.2, -0.15) is 0 Å². The normalized spacial score (nSPS) is 11.9. The van der Waals surface area contributed by atoms with Crippen LogP contribution in [0.3, 0.4) is 0 Å². The van der Waals surface area contributed by atoms with Gasteiger partial charge in [-0.1, -0.05) is 81.9 Å². The number of thiophene rings is 1. The van der Waals surface area contributed by atoms with Crippen molar-refractivity contribution in [1.29, 1.82) is 0 Å². The van der Waals surface area contributed by atoms with Crippen molar-refractivity contribution < 1.29 is 4.42 Å². The van der Waals surface area contributed by atoms with Crippen LogP contribution >= 0.6 is 11.3 Å². The minimum absolute atomic E-state index is 0.00214. The predicted octanol–water partition coefficient (Wildman–Crippen LogP) is -19.1. The van der Waals surface area contributed by atoms with E-state index in [0.29, 0.717) is 20.2 Å². The minimum Gasteiger partial charge on any atom is -0.457 e. The van der Waals surface area contributed by atoms with Gasteiger partial charge in [0.15, 0.2) is 17.5 Å². The number of benzene rings is 7. The fourth-order valence-corrected chi connectivity index (χ4v) is 11.5. The van der Waals surface area contributed by atoms with Gasteiger partial charge in [0.2, 0.25) is 0 Å². The first-order valence-electron chi connectivity index (χ1n) is 22.3. The van der Waals surface area contributed by atoms with E-state index in [1.54, 1.807) is 4.57 Å². The van der Waals surface area contributed by atoms with Crippen molar-refractivity contribution in [2.45, 2.75) is 0 Å². The Morgan fingerprint density at radius 2 is 0.558 bits per heavy atom. The van der Waals surface area contributed by atoms with Gasteiger partial charge >= 0.3 is 0 Å². The van der Waals surface area contributed by atoms with Crippen LogP contribution in [0.2, 0.25) is 0 Å². The summed E-state index contributed by atoms with van der Waals surface area (Å²) in [5.41, 5.74) is -2.44. The quantitative estimate of drug-likeness (QED) is 0.165. The van der Waals surface area contributed by atoms with Gasteiger partial charge in [-0.3, -0.25) is 0 Å². The van der Waals surface area contributed by atoms with E-state index in [2.05, 4.69) is 4.98 Å². The highest BCUT2D eigenvalue weighted by Crippen LogP contribution is 2.39. The van der Waals surface area contributed by atoms with E-state index >= 15 is 0 Å². The highest BCUT2D eigenvalue weighted by molar-refractivity contribution is 7.28. The molecule has 0 aliphatic rings. The van der Waals surface area contributed by atoms with Crippen LogP contribution in [0.1, 0.15) is 0 Å². The summed E-state index contributed by atoms with van der Waals surface area (Å²) in [6.07, 6.45) is 0. The van der Waals surface area contributed by atoms with Crippen LogP contribution in [0.25, 0.3) is 104 Å². The molecule has 0 aliphatic heterocycles. The number of hydrogen-bond acceptors (Lipinski definition) is 5. The monoisotopic (exact) mass is 930 g/mol. The Morgan fingerprint density at radius 3 is 1.05 bits per heavy atom. The Hall–Kier alpha value is -4.94. The van der Waals surface area contributed by atoms with Crippen LogP contribution in [0, 0.1) is 0 Å². The van der Waals surface area contributed by atoms with Gasteiger partial charge < -0.3 is 8.98 Å². The highest BCUT2D eigenvalue weighted by atomic mass is 32.1.